The summed E-state index contributed by atoms with van der Waals surface area (Å²) in [6.45, 7) is 0. The number of nitrogen functional groups attached to an aromatic ring is 1. The molecular weight excluding hydrogens is 288 g/mol. The molecule has 0 aliphatic rings. The summed E-state index contributed by atoms with van der Waals surface area (Å²) < 4.78 is 0. The Kier molecular flexibility index (Phi) is 3.13. The van der Waals surface area contributed by atoms with Gasteiger partial charge < -0.3 is 5.73 Å². The standard InChI is InChI=1S/C19H14N2S/c20-17-8-4-3-7-16(17)19-21-18(12-22-19)15-10-9-13-5-1-2-6-14(13)11-15/h1-12H,20H2. The lowest BCUT2D eigenvalue weighted by atomic mass is 10.1. The van der Waals surface area contributed by atoms with Gasteiger partial charge in [0.2, 0.25) is 0 Å². The summed E-state index contributed by atoms with van der Waals surface area (Å²) in [5, 5.41) is 5.52. The Labute approximate surface area is 132 Å². The van der Waals surface area contributed by atoms with Gasteiger partial charge in [0.1, 0.15) is 5.01 Å². The number of para-hydroxylation sites is 1. The van der Waals surface area contributed by atoms with E-state index >= 15 is 0 Å². The number of aromatic nitrogens is 1. The van der Waals surface area contributed by atoms with E-state index in [0.29, 0.717) is 0 Å². The molecule has 0 atom stereocenters. The molecule has 2 nitrogen and oxygen atoms in total. The molecule has 0 bridgehead atoms. The van der Waals surface area contributed by atoms with Crippen LogP contribution in [0.4, 0.5) is 5.69 Å². The molecule has 1 aromatic heterocycles. The van der Waals surface area contributed by atoms with Gasteiger partial charge >= 0.3 is 0 Å². The minimum Gasteiger partial charge on any atom is -0.398 e. The molecule has 0 aliphatic carbocycles. The molecule has 0 radical (unpaired) electrons. The Bertz CT molecular complexity index is 956. The first-order chi connectivity index (χ1) is 10.8. The van der Waals surface area contributed by atoms with Crippen LogP contribution in [0.15, 0.2) is 72.1 Å². The van der Waals surface area contributed by atoms with Crippen molar-refractivity contribution in [2.24, 2.45) is 0 Å². The predicted molar refractivity (Wildman–Crippen MR) is 94.9 cm³/mol. The number of fused-ring (bicyclic) bond motifs is 1. The Balaban J connectivity index is 1.78. The fourth-order valence-electron chi connectivity index (χ4n) is 2.57. The number of hydrogen-bond donors (Lipinski definition) is 1. The number of anilines is 1. The lowest BCUT2D eigenvalue weighted by molar-refractivity contribution is 1.41. The van der Waals surface area contributed by atoms with Gasteiger partial charge in [-0.3, -0.25) is 0 Å². The van der Waals surface area contributed by atoms with E-state index in [1.54, 1.807) is 11.3 Å². The third kappa shape index (κ3) is 2.26. The molecule has 0 spiro atoms. The first-order valence-corrected chi connectivity index (χ1v) is 7.99. The molecule has 3 aromatic carbocycles. The third-order valence-electron chi connectivity index (χ3n) is 3.74. The second-order valence-corrected chi connectivity index (χ2v) is 6.05. The average Bonchev–Trinajstić information content (AvgIpc) is 3.04. The first-order valence-electron chi connectivity index (χ1n) is 7.11. The van der Waals surface area contributed by atoms with Crippen molar-refractivity contribution in [3.8, 4) is 21.8 Å². The van der Waals surface area contributed by atoms with Crippen molar-refractivity contribution >= 4 is 27.8 Å². The third-order valence-corrected chi connectivity index (χ3v) is 4.62. The number of rotatable bonds is 2. The van der Waals surface area contributed by atoms with E-state index in [-0.39, 0.29) is 0 Å². The van der Waals surface area contributed by atoms with Gasteiger partial charge in [-0.15, -0.1) is 11.3 Å². The average molecular weight is 302 g/mol. The molecule has 1 heterocycles. The van der Waals surface area contributed by atoms with E-state index in [1.807, 2.05) is 24.3 Å². The summed E-state index contributed by atoms with van der Waals surface area (Å²) in [7, 11) is 0. The zero-order valence-corrected chi connectivity index (χ0v) is 12.7. The van der Waals surface area contributed by atoms with Gasteiger partial charge in [-0.05, 0) is 29.0 Å². The quantitative estimate of drug-likeness (QED) is 0.516. The summed E-state index contributed by atoms with van der Waals surface area (Å²) in [5.41, 5.74) is 9.94. The van der Waals surface area contributed by atoms with Crippen LogP contribution in [0.2, 0.25) is 0 Å². The highest BCUT2D eigenvalue weighted by atomic mass is 32.1. The molecule has 22 heavy (non-hydrogen) atoms. The van der Waals surface area contributed by atoms with E-state index in [4.69, 9.17) is 10.7 Å². The lowest BCUT2D eigenvalue weighted by Crippen LogP contribution is -1.88. The van der Waals surface area contributed by atoms with Crippen molar-refractivity contribution in [2.75, 3.05) is 5.73 Å². The zero-order valence-electron chi connectivity index (χ0n) is 11.9. The Morgan fingerprint density at radius 1 is 0.818 bits per heavy atom. The minimum absolute atomic E-state index is 0.766. The Hall–Kier alpha value is -2.65. The van der Waals surface area contributed by atoms with Gasteiger partial charge in [0.25, 0.3) is 0 Å². The van der Waals surface area contributed by atoms with Crippen molar-refractivity contribution in [1.29, 1.82) is 0 Å². The number of thiazole rings is 1. The van der Waals surface area contributed by atoms with Crippen LogP contribution in [-0.2, 0) is 0 Å². The summed E-state index contributed by atoms with van der Waals surface area (Å²) in [6.07, 6.45) is 0. The van der Waals surface area contributed by atoms with Crippen molar-refractivity contribution < 1.29 is 0 Å². The molecule has 0 aliphatic heterocycles. The van der Waals surface area contributed by atoms with Crippen LogP contribution in [0, 0.1) is 0 Å². The van der Waals surface area contributed by atoms with E-state index in [2.05, 4.69) is 47.8 Å². The highest BCUT2D eigenvalue weighted by Crippen LogP contribution is 2.32. The zero-order chi connectivity index (χ0) is 14.9. The van der Waals surface area contributed by atoms with Crippen LogP contribution in [0.5, 0.6) is 0 Å². The van der Waals surface area contributed by atoms with Crippen molar-refractivity contribution in [3.63, 3.8) is 0 Å². The fourth-order valence-corrected chi connectivity index (χ4v) is 3.45. The van der Waals surface area contributed by atoms with Crippen LogP contribution < -0.4 is 5.73 Å². The molecule has 0 saturated carbocycles. The summed E-state index contributed by atoms with van der Waals surface area (Å²) in [6, 6.07) is 22.7. The fraction of sp³-hybridized carbons (Fsp3) is 0. The van der Waals surface area contributed by atoms with E-state index < -0.39 is 0 Å². The normalized spacial score (nSPS) is 10.9. The van der Waals surface area contributed by atoms with E-state index in [1.165, 1.54) is 10.8 Å². The van der Waals surface area contributed by atoms with Gasteiger partial charge in [0.05, 0.1) is 5.69 Å². The number of nitrogens with zero attached hydrogens (tertiary/aromatic N) is 1. The molecular formula is C19H14N2S. The Morgan fingerprint density at radius 3 is 2.45 bits per heavy atom. The van der Waals surface area contributed by atoms with Crippen LogP contribution in [0.1, 0.15) is 0 Å². The van der Waals surface area contributed by atoms with Crippen molar-refractivity contribution in [1.82, 2.24) is 4.98 Å². The summed E-state index contributed by atoms with van der Waals surface area (Å²) >= 11 is 1.63. The maximum atomic E-state index is 6.04. The molecule has 0 unspecified atom stereocenters. The van der Waals surface area contributed by atoms with E-state index in [9.17, 15) is 0 Å². The van der Waals surface area contributed by atoms with E-state index in [0.717, 1.165) is 27.5 Å². The van der Waals surface area contributed by atoms with Crippen molar-refractivity contribution in [3.05, 3.63) is 72.1 Å². The van der Waals surface area contributed by atoms with Crippen LogP contribution >= 0.6 is 11.3 Å². The van der Waals surface area contributed by atoms with Gasteiger partial charge in [0.15, 0.2) is 0 Å². The topological polar surface area (TPSA) is 38.9 Å². The van der Waals surface area contributed by atoms with Crippen LogP contribution in [0.3, 0.4) is 0 Å². The molecule has 4 aromatic rings. The largest absolute Gasteiger partial charge is 0.398 e. The monoisotopic (exact) mass is 302 g/mol. The smallest absolute Gasteiger partial charge is 0.126 e. The molecule has 106 valence electrons. The van der Waals surface area contributed by atoms with Gasteiger partial charge in [-0.2, -0.15) is 0 Å². The van der Waals surface area contributed by atoms with Gasteiger partial charge in [-0.1, -0.05) is 48.5 Å². The number of hydrogen-bond acceptors (Lipinski definition) is 3. The lowest BCUT2D eigenvalue weighted by Gasteiger charge is -2.02. The second-order valence-electron chi connectivity index (χ2n) is 5.19. The number of benzene rings is 3. The predicted octanol–water partition coefficient (Wildman–Crippen LogP) is 5.21. The first kappa shape index (κ1) is 13.0. The highest BCUT2D eigenvalue weighted by Gasteiger charge is 2.09. The van der Waals surface area contributed by atoms with Crippen LogP contribution in [-0.4, -0.2) is 4.98 Å². The molecule has 2 N–H and O–H groups in total. The Morgan fingerprint density at radius 2 is 1.59 bits per heavy atom. The second kappa shape index (κ2) is 5.28. The van der Waals surface area contributed by atoms with Crippen molar-refractivity contribution in [2.45, 2.75) is 0 Å². The SMILES string of the molecule is Nc1ccccc1-c1nc(-c2ccc3ccccc3c2)cs1. The van der Waals surface area contributed by atoms with Gasteiger partial charge in [0, 0.05) is 22.2 Å². The number of nitrogens with two attached hydrogens (primary N) is 1. The van der Waals surface area contributed by atoms with Gasteiger partial charge in [-0.25, -0.2) is 4.98 Å². The minimum atomic E-state index is 0.766. The molecule has 0 saturated heterocycles. The summed E-state index contributed by atoms with van der Waals surface area (Å²) in [5.74, 6) is 0. The molecule has 0 amide bonds. The molecule has 0 fully saturated rings. The molecule has 3 heteroatoms. The summed E-state index contributed by atoms with van der Waals surface area (Å²) in [4.78, 5) is 4.76. The maximum Gasteiger partial charge on any atom is 0.126 e. The molecule has 4 rings (SSSR count). The maximum absolute atomic E-state index is 6.04. The van der Waals surface area contributed by atoms with Crippen LogP contribution in [0.25, 0.3) is 32.6 Å². The highest BCUT2D eigenvalue weighted by molar-refractivity contribution is 7.13.